The highest BCUT2D eigenvalue weighted by Gasteiger charge is 2.28. The number of carbonyl (C=O) groups is 1. The van der Waals surface area contributed by atoms with Crippen LogP contribution in [0.5, 0.6) is 0 Å². The Hall–Kier alpha value is -1.84. The third-order valence-corrected chi connectivity index (χ3v) is 4.15. The number of benzene rings is 2. The van der Waals surface area contributed by atoms with E-state index in [0.717, 1.165) is 36.1 Å². The molecule has 0 bridgehead atoms. The van der Waals surface area contributed by atoms with Crippen molar-refractivity contribution in [3.63, 3.8) is 0 Å². The fourth-order valence-electron chi connectivity index (χ4n) is 2.95. The second-order valence-electron chi connectivity index (χ2n) is 5.47. The van der Waals surface area contributed by atoms with Crippen molar-refractivity contribution in [1.82, 2.24) is 4.90 Å². The third kappa shape index (κ3) is 3.32. The van der Waals surface area contributed by atoms with Crippen LogP contribution in [0.15, 0.2) is 54.6 Å². The Balaban J connectivity index is 0.00000176. The molecule has 2 aromatic rings. The van der Waals surface area contributed by atoms with E-state index in [1.54, 1.807) is 0 Å². The Morgan fingerprint density at radius 1 is 1.05 bits per heavy atom. The van der Waals surface area contributed by atoms with Crippen LogP contribution >= 0.6 is 12.4 Å². The molecular formula is C18H21ClN2O. The predicted molar refractivity (Wildman–Crippen MR) is 92.2 cm³/mol. The van der Waals surface area contributed by atoms with E-state index in [4.69, 9.17) is 5.73 Å². The van der Waals surface area contributed by atoms with E-state index < -0.39 is 0 Å². The van der Waals surface area contributed by atoms with E-state index in [2.05, 4.69) is 12.1 Å². The van der Waals surface area contributed by atoms with Gasteiger partial charge in [0.25, 0.3) is 5.91 Å². The molecule has 0 saturated carbocycles. The summed E-state index contributed by atoms with van der Waals surface area (Å²) < 4.78 is 0. The van der Waals surface area contributed by atoms with E-state index in [1.165, 1.54) is 0 Å². The van der Waals surface area contributed by atoms with Gasteiger partial charge in [0, 0.05) is 24.7 Å². The van der Waals surface area contributed by atoms with Gasteiger partial charge in [0.15, 0.2) is 0 Å². The van der Waals surface area contributed by atoms with Crippen molar-refractivity contribution in [2.75, 3.05) is 13.1 Å². The monoisotopic (exact) mass is 316 g/mol. The number of hydrogen-bond donors (Lipinski definition) is 1. The molecule has 0 radical (unpaired) electrons. The number of nitrogens with zero attached hydrogens (tertiary/aromatic N) is 1. The Morgan fingerprint density at radius 2 is 1.68 bits per heavy atom. The molecule has 0 spiro atoms. The molecular weight excluding hydrogens is 296 g/mol. The standard InChI is InChI=1S/C18H20N2O.ClH/c19-13-17-7-4-12-20(17)18(21)16-10-8-15(9-11-16)14-5-2-1-3-6-14;/h1-3,5-6,8-11,17H,4,7,12-13,19H2;1H. The van der Waals surface area contributed by atoms with Crippen LogP contribution in [-0.4, -0.2) is 29.9 Å². The van der Waals surface area contributed by atoms with Crippen LogP contribution < -0.4 is 5.73 Å². The van der Waals surface area contributed by atoms with Gasteiger partial charge in [-0.25, -0.2) is 0 Å². The fourth-order valence-corrected chi connectivity index (χ4v) is 2.95. The highest BCUT2D eigenvalue weighted by Crippen LogP contribution is 2.22. The number of carbonyl (C=O) groups excluding carboxylic acids is 1. The summed E-state index contributed by atoms with van der Waals surface area (Å²) in [5.41, 5.74) is 8.78. The van der Waals surface area contributed by atoms with Crippen LogP contribution in [0.4, 0.5) is 0 Å². The van der Waals surface area contributed by atoms with Gasteiger partial charge in [-0.2, -0.15) is 0 Å². The van der Waals surface area contributed by atoms with Crippen molar-refractivity contribution in [3.8, 4) is 11.1 Å². The molecule has 1 aliphatic heterocycles. The molecule has 1 atom stereocenters. The topological polar surface area (TPSA) is 46.3 Å². The second kappa shape index (κ2) is 7.43. The number of amides is 1. The van der Waals surface area contributed by atoms with Gasteiger partial charge >= 0.3 is 0 Å². The highest BCUT2D eigenvalue weighted by molar-refractivity contribution is 5.95. The first kappa shape index (κ1) is 16.5. The van der Waals surface area contributed by atoms with Gasteiger partial charge in [0.05, 0.1) is 0 Å². The first-order chi connectivity index (χ1) is 10.3. The van der Waals surface area contributed by atoms with Crippen LogP contribution in [-0.2, 0) is 0 Å². The van der Waals surface area contributed by atoms with E-state index in [0.29, 0.717) is 6.54 Å². The van der Waals surface area contributed by atoms with Crippen LogP contribution in [0, 0.1) is 0 Å². The van der Waals surface area contributed by atoms with E-state index in [1.807, 2.05) is 47.4 Å². The summed E-state index contributed by atoms with van der Waals surface area (Å²) in [5.74, 6) is 0.0996. The molecule has 22 heavy (non-hydrogen) atoms. The smallest absolute Gasteiger partial charge is 0.254 e. The number of hydrogen-bond acceptors (Lipinski definition) is 2. The van der Waals surface area contributed by atoms with Crippen molar-refractivity contribution in [2.24, 2.45) is 5.73 Å². The molecule has 1 unspecified atom stereocenters. The van der Waals surface area contributed by atoms with Crippen molar-refractivity contribution >= 4 is 18.3 Å². The lowest BCUT2D eigenvalue weighted by Gasteiger charge is -2.23. The van der Waals surface area contributed by atoms with Gasteiger partial charge < -0.3 is 10.6 Å². The van der Waals surface area contributed by atoms with Gasteiger partial charge in [-0.3, -0.25) is 4.79 Å². The average Bonchev–Trinajstić information content (AvgIpc) is 3.04. The molecule has 1 heterocycles. The number of nitrogens with two attached hydrogens (primary N) is 1. The maximum Gasteiger partial charge on any atom is 0.254 e. The molecule has 0 aromatic heterocycles. The summed E-state index contributed by atoms with van der Waals surface area (Å²) in [4.78, 5) is 14.4. The Bertz CT molecular complexity index is 613. The first-order valence-electron chi connectivity index (χ1n) is 7.46. The maximum atomic E-state index is 12.5. The average molecular weight is 317 g/mol. The lowest BCUT2D eigenvalue weighted by atomic mass is 10.0. The molecule has 2 aromatic carbocycles. The zero-order chi connectivity index (χ0) is 14.7. The van der Waals surface area contributed by atoms with Crippen molar-refractivity contribution in [3.05, 3.63) is 60.2 Å². The summed E-state index contributed by atoms with van der Waals surface area (Å²) >= 11 is 0. The van der Waals surface area contributed by atoms with Crippen LogP contribution in [0.1, 0.15) is 23.2 Å². The Kier molecular flexibility index (Phi) is 5.58. The zero-order valence-corrected chi connectivity index (χ0v) is 13.3. The number of rotatable bonds is 3. The van der Waals surface area contributed by atoms with Crippen LogP contribution in [0.3, 0.4) is 0 Å². The molecule has 4 heteroatoms. The molecule has 2 N–H and O–H groups in total. The molecule has 1 amide bonds. The quantitative estimate of drug-likeness (QED) is 0.944. The second-order valence-corrected chi connectivity index (χ2v) is 5.47. The van der Waals surface area contributed by atoms with E-state index in [-0.39, 0.29) is 24.4 Å². The molecule has 1 aliphatic rings. The SMILES string of the molecule is Cl.NCC1CCCN1C(=O)c1ccc(-c2ccccc2)cc1. The minimum absolute atomic E-state index is 0. The van der Waals surface area contributed by atoms with Crippen molar-refractivity contribution < 1.29 is 4.79 Å². The molecule has 116 valence electrons. The first-order valence-corrected chi connectivity index (χ1v) is 7.46. The molecule has 3 nitrogen and oxygen atoms in total. The Morgan fingerprint density at radius 3 is 2.32 bits per heavy atom. The van der Waals surface area contributed by atoms with Crippen LogP contribution in [0.25, 0.3) is 11.1 Å². The molecule has 0 aliphatic carbocycles. The van der Waals surface area contributed by atoms with E-state index >= 15 is 0 Å². The van der Waals surface area contributed by atoms with Gasteiger partial charge in [-0.05, 0) is 36.1 Å². The molecule has 3 rings (SSSR count). The summed E-state index contributed by atoms with van der Waals surface area (Å²) in [5, 5.41) is 0. The van der Waals surface area contributed by atoms with Crippen molar-refractivity contribution in [1.29, 1.82) is 0 Å². The minimum atomic E-state index is 0. The summed E-state index contributed by atoms with van der Waals surface area (Å²) in [6.45, 7) is 1.37. The zero-order valence-electron chi connectivity index (χ0n) is 12.4. The summed E-state index contributed by atoms with van der Waals surface area (Å²) in [6.07, 6.45) is 2.07. The lowest BCUT2D eigenvalue weighted by Crippen LogP contribution is -2.39. The number of halogens is 1. The summed E-state index contributed by atoms with van der Waals surface area (Å²) in [7, 11) is 0. The molecule has 1 saturated heterocycles. The normalized spacial score (nSPS) is 17.1. The maximum absolute atomic E-state index is 12.5. The van der Waals surface area contributed by atoms with Gasteiger partial charge in [-0.15, -0.1) is 12.4 Å². The lowest BCUT2D eigenvalue weighted by molar-refractivity contribution is 0.0741. The number of likely N-dealkylation sites (tertiary alicyclic amines) is 1. The highest BCUT2D eigenvalue weighted by atomic mass is 35.5. The van der Waals surface area contributed by atoms with Gasteiger partial charge in [-0.1, -0.05) is 42.5 Å². The largest absolute Gasteiger partial charge is 0.334 e. The minimum Gasteiger partial charge on any atom is -0.334 e. The van der Waals surface area contributed by atoms with E-state index in [9.17, 15) is 4.79 Å². The van der Waals surface area contributed by atoms with Crippen molar-refractivity contribution in [2.45, 2.75) is 18.9 Å². The third-order valence-electron chi connectivity index (χ3n) is 4.15. The van der Waals surface area contributed by atoms with Crippen LogP contribution in [0.2, 0.25) is 0 Å². The molecule has 1 fully saturated rings. The van der Waals surface area contributed by atoms with Gasteiger partial charge in [0.2, 0.25) is 0 Å². The Labute approximate surface area is 137 Å². The predicted octanol–water partition coefficient (Wildman–Crippen LogP) is 3.34. The fraction of sp³-hybridized carbons (Fsp3) is 0.278. The van der Waals surface area contributed by atoms with Gasteiger partial charge in [0.1, 0.15) is 0 Å². The summed E-state index contributed by atoms with van der Waals surface area (Å²) in [6, 6.07) is 18.2.